The molecule has 0 aliphatic carbocycles. The monoisotopic (exact) mass is 250 g/mol. The fraction of sp³-hybridized carbons (Fsp3) is 0.308. The average molecular weight is 251 g/mol. The van der Waals surface area contributed by atoms with Crippen LogP contribution in [0, 0.1) is 0 Å². The number of nitrogens with zero attached hydrogens (tertiary/aromatic N) is 2. The molecule has 1 aromatic carbocycles. The zero-order valence-electron chi connectivity index (χ0n) is 9.98. The first-order valence-corrected chi connectivity index (χ1v) is 5.96. The van der Waals surface area contributed by atoms with Crippen molar-refractivity contribution in [3.8, 4) is 5.75 Å². The third-order valence-corrected chi connectivity index (χ3v) is 3.08. The van der Waals surface area contributed by atoms with Crippen LogP contribution in [0.5, 0.6) is 5.75 Å². The number of halogens is 1. The Morgan fingerprint density at radius 2 is 2.00 bits per heavy atom. The van der Waals surface area contributed by atoms with Crippen molar-refractivity contribution in [1.82, 2.24) is 9.55 Å². The summed E-state index contributed by atoms with van der Waals surface area (Å²) in [6, 6.07) is 8.09. The van der Waals surface area contributed by atoms with E-state index in [9.17, 15) is 0 Å². The quantitative estimate of drug-likeness (QED) is 0.833. The second kappa shape index (κ2) is 5.23. The number of aryl methyl sites for hydroxylation is 1. The number of hydrogen-bond donors (Lipinski definition) is 0. The van der Waals surface area contributed by atoms with E-state index < -0.39 is 0 Å². The summed E-state index contributed by atoms with van der Waals surface area (Å²) in [5, 5.41) is 0.616. The summed E-state index contributed by atoms with van der Waals surface area (Å²) in [7, 11) is 1.87. The summed E-state index contributed by atoms with van der Waals surface area (Å²) in [6.07, 6.45) is 2.66. The maximum absolute atomic E-state index is 5.90. The molecule has 0 atom stereocenters. The maximum atomic E-state index is 5.90. The molecule has 0 amide bonds. The minimum Gasteiger partial charge on any atom is -0.486 e. The predicted molar refractivity (Wildman–Crippen MR) is 68.4 cm³/mol. The average Bonchev–Trinajstić information content (AvgIpc) is 2.68. The van der Waals surface area contributed by atoms with Crippen LogP contribution in [0.4, 0.5) is 0 Å². The van der Waals surface area contributed by atoms with Crippen molar-refractivity contribution in [2.24, 2.45) is 7.05 Å². The summed E-state index contributed by atoms with van der Waals surface area (Å²) < 4.78 is 7.45. The summed E-state index contributed by atoms with van der Waals surface area (Å²) in [4.78, 5) is 4.17. The summed E-state index contributed by atoms with van der Waals surface area (Å²) >= 11 is 5.90. The molecule has 3 nitrogen and oxygen atoms in total. The molecule has 90 valence electrons. The molecule has 17 heavy (non-hydrogen) atoms. The van der Waals surface area contributed by atoms with Crippen molar-refractivity contribution in [2.75, 3.05) is 0 Å². The Kier molecular flexibility index (Phi) is 3.69. The van der Waals surface area contributed by atoms with Crippen LogP contribution in [-0.4, -0.2) is 9.55 Å². The highest BCUT2D eigenvalue weighted by atomic mass is 35.5. The molecule has 0 aliphatic heterocycles. The first kappa shape index (κ1) is 12.0. The topological polar surface area (TPSA) is 27.1 Å². The van der Waals surface area contributed by atoms with Crippen molar-refractivity contribution >= 4 is 11.6 Å². The number of hydrogen-bond acceptors (Lipinski definition) is 2. The second-order valence-electron chi connectivity index (χ2n) is 3.84. The van der Waals surface area contributed by atoms with Gasteiger partial charge in [0, 0.05) is 7.05 Å². The fourth-order valence-electron chi connectivity index (χ4n) is 1.53. The molecule has 0 unspecified atom stereocenters. The lowest BCUT2D eigenvalue weighted by Crippen LogP contribution is -2.03. The van der Waals surface area contributed by atoms with Crippen LogP contribution in [-0.2, 0) is 20.1 Å². The molecule has 0 radical (unpaired) electrons. The zero-order valence-corrected chi connectivity index (χ0v) is 10.7. The van der Waals surface area contributed by atoms with E-state index in [0.717, 1.165) is 18.0 Å². The van der Waals surface area contributed by atoms with Gasteiger partial charge in [0.15, 0.2) is 0 Å². The Bertz CT molecular complexity index is 491. The first-order chi connectivity index (χ1) is 8.20. The molecule has 2 aromatic rings. The largest absolute Gasteiger partial charge is 0.486 e. The molecule has 0 spiro atoms. The summed E-state index contributed by atoms with van der Waals surface area (Å²) in [5.41, 5.74) is 1.30. The van der Waals surface area contributed by atoms with E-state index in [1.807, 2.05) is 23.7 Å². The number of ether oxygens (including phenoxy) is 1. The predicted octanol–water partition coefficient (Wildman–Crippen LogP) is 3.21. The third-order valence-electron chi connectivity index (χ3n) is 2.73. The van der Waals surface area contributed by atoms with Gasteiger partial charge in [-0.05, 0) is 24.1 Å². The Labute approximate surface area is 106 Å². The molecular weight excluding hydrogens is 236 g/mol. The highest BCUT2D eigenvalue weighted by Gasteiger charge is 2.04. The zero-order chi connectivity index (χ0) is 12.3. The molecule has 1 heterocycles. The molecule has 0 aliphatic rings. The molecule has 2 rings (SSSR count). The van der Waals surface area contributed by atoms with E-state index in [0.29, 0.717) is 11.8 Å². The molecule has 4 heteroatoms. The summed E-state index contributed by atoms with van der Waals surface area (Å²) in [6.45, 7) is 2.56. The van der Waals surface area contributed by atoms with Gasteiger partial charge >= 0.3 is 0 Å². The van der Waals surface area contributed by atoms with E-state index >= 15 is 0 Å². The number of aromatic nitrogens is 2. The van der Waals surface area contributed by atoms with Crippen LogP contribution in [0.1, 0.15) is 18.3 Å². The second-order valence-corrected chi connectivity index (χ2v) is 4.23. The van der Waals surface area contributed by atoms with E-state index in [1.165, 1.54) is 5.56 Å². The van der Waals surface area contributed by atoms with Gasteiger partial charge in [-0.15, -0.1) is 0 Å². The van der Waals surface area contributed by atoms with Crippen molar-refractivity contribution in [2.45, 2.75) is 20.0 Å². The lowest BCUT2D eigenvalue weighted by atomic mass is 10.2. The number of imidazole rings is 1. The van der Waals surface area contributed by atoms with Gasteiger partial charge in [0.2, 0.25) is 0 Å². The summed E-state index contributed by atoms with van der Waals surface area (Å²) in [5.74, 6) is 1.66. The van der Waals surface area contributed by atoms with Crippen LogP contribution in [0.15, 0.2) is 30.5 Å². The van der Waals surface area contributed by atoms with E-state index in [2.05, 4.69) is 24.0 Å². The van der Waals surface area contributed by atoms with Gasteiger partial charge in [0.25, 0.3) is 0 Å². The number of rotatable bonds is 4. The van der Waals surface area contributed by atoms with Gasteiger partial charge in [0.1, 0.15) is 23.3 Å². The molecule has 0 fully saturated rings. The minimum absolute atomic E-state index is 0.425. The van der Waals surface area contributed by atoms with Gasteiger partial charge in [-0.25, -0.2) is 4.98 Å². The third kappa shape index (κ3) is 2.80. The Balaban J connectivity index is 2.00. The lowest BCUT2D eigenvalue weighted by molar-refractivity contribution is 0.292. The smallest absolute Gasteiger partial charge is 0.147 e. The van der Waals surface area contributed by atoms with E-state index in [-0.39, 0.29) is 0 Å². The lowest BCUT2D eigenvalue weighted by Gasteiger charge is -2.07. The minimum atomic E-state index is 0.425. The SMILES string of the molecule is CCc1ccc(OCc2ncc(Cl)n2C)cc1. The van der Waals surface area contributed by atoms with Crippen molar-refractivity contribution in [1.29, 1.82) is 0 Å². The van der Waals surface area contributed by atoms with Crippen molar-refractivity contribution in [3.63, 3.8) is 0 Å². The first-order valence-electron chi connectivity index (χ1n) is 5.58. The van der Waals surface area contributed by atoms with Gasteiger partial charge < -0.3 is 9.30 Å². The molecule has 0 bridgehead atoms. The highest BCUT2D eigenvalue weighted by Crippen LogP contribution is 2.15. The van der Waals surface area contributed by atoms with Crippen LogP contribution in [0.3, 0.4) is 0 Å². The maximum Gasteiger partial charge on any atom is 0.147 e. The van der Waals surface area contributed by atoms with Crippen LogP contribution in [0.25, 0.3) is 0 Å². The molecule has 0 saturated heterocycles. The van der Waals surface area contributed by atoms with Gasteiger partial charge in [-0.2, -0.15) is 0 Å². The van der Waals surface area contributed by atoms with Crippen LogP contribution >= 0.6 is 11.6 Å². The normalized spacial score (nSPS) is 10.5. The molecule has 1 aromatic heterocycles. The molecule has 0 N–H and O–H groups in total. The highest BCUT2D eigenvalue weighted by molar-refractivity contribution is 6.29. The molecular formula is C13H15ClN2O. The van der Waals surface area contributed by atoms with Crippen LogP contribution in [0.2, 0.25) is 5.15 Å². The van der Waals surface area contributed by atoms with Gasteiger partial charge in [-0.1, -0.05) is 30.7 Å². The van der Waals surface area contributed by atoms with E-state index in [1.54, 1.807) is 6.20 Å². The Morgan fingerprint density at radius 1 is 1.29 bits per heavy atom. The number of benzene rings is 1. The molecule has 0 saturated carbocycles. The van der Waals surface area contributed by atoms with Crippen LogP contribution < -0.4 is 4.74 Å². The standard InChI is InChI=1S/C13H15ClN2O/c1-3-10-4-6-11(7-5-10)17-9-13-15-8-12(14)16(13)2/h4-8H,3,9H2,1-2H3. The van der Waals surface area contributed by atoms with Crippen molar-refractivity contribution < 1.29 is 4.74 Å². The Morgan fingerprint density at radius 3 is 2.53 bits per heavy atom. The van der Waals surface area contributed by atoms with Gasteiger partial charge in [-0.3, -0.25) is 0 Å². The van der Waals surface area contributed by atoms with Crippen molar-refractivity contribution in [3.05, 3.63) is 47.0 Å². The fourth-order valence-corrected chi connectivity index (χ4v) is 1.67. The van der Waals surface area contributed by atoms with E-state index in [4.69, 9.17) is 16.3 Å². The Hall–Kier alpha value is -1.48. The van der Waals surface area contributed by atoms with Gasteiger partial charge in [0.05, 0.1) is 6.20 Å².